The Hall–Kier alpha value is -0.620. The average molecular weight is 248 g/mol. The number of amides is 1. The van der Waals surface area contributed by atoms with Crippen molar-refractivity contribution in [1.82, 2.24) is 4.90 Å². The summed E-state index contributed by atoms with van der Waals surface area (Å²) in [4.78, 5) is 13.1. The van der Waals surface area contributed by atoms with Crippen LogP contribution in [0.5, 0.6) is 0 Å². The lowest BCUT2D eigenvalue weighted by Gasteiger charge is -2.30. The molecule has 1 saturated heterocycles. The molecule has 0 spiro atoms. The summed E-state index contributed by atoms with van der Waals surface area (Å²) in [6.45, 7) is 2.61. The smallest absolute Gasteiger partial charge is 0.222 e. The number of likely N-dealkylation sites (tertiary alicyclic amines) is 1. The molecule has 0 aromatic carbocycles. The van der Waals surface area contributed by atoms with Crippen LogP contribution in [0, 0.1) is 0 Å². The molecule has 0 radical (unpaired) electrons. The fraction of sp³-hybridized carbons (Fsp3) is 0.900. The van der Waals surface area contributed by atoms with Gasteiger partial charge in [-0.15, -0.1) is 0 Å². The van der Waals surface area contributed by atoms with Gasteiger partial charge in [-0.25, -0.2) is 8.42 Å². The van der Waals surface area contributed by atoms with E-state index in [1.54, 1.807) is 4.90 Å². The maximum atomic E-state index is 11.5. The zero-order valence-corrected chi connectivity index (χ0v) is 10.5. The molecule has 0 aromatic heterocycles. The summed E-state index contributed by atoms with van der Waals surface area (Å²) in [6, 6.07) is -0.00780. The van der Waals surface area contributed by atoms with Crippen molar-refractivity contribution in [2.24, 2.45) is 5.73 Å². The van der Waals surface area contributed by atoms with E-state index >= 15 is 0 Å². The zero-order valence-electron chi connectivity index (χ0n) is 9.68. The summed E-state index contributed by atoms with van der Waals surface area (Å²) in [5.41, 5.74) is 5.74. The summed E-state index contributed by atoms with van der Waals surface area (Å²) in [6.07, 6.45) is 1.77. The second kappa shape index (κ2) is 5.63. The van der Waals surface area contributed by atoms with Crippen LogP contribution in [-0.2, 0) is 14.6 Å². The highest BCUT2D eigenvalue weighted by atomic mass is 32.2. The predicted molar refractivity (Wildman–Crippen MR) is 62.7 cm³/mol. The van der Waals surface area contributed by atoms with Crippen LogP contribution in [0.1, 0.15) is 26.2 Å². The minimum Gasteiger partial charge on any atom is -0.340 e. The first-order valence-electron chi connectivity index (χ1n) is 5.68. The molecular weight excluding hydrogens is 228 g/mol. The summed E-state index contributed by atoms with van der Waals surface area (Å²) < 4.78 is 23.0. The van der Waals surface area contributed by atoms with Crippen molar-refractivity contribution in [2.75, 3.05) is 24.6 Å². The third-order valence-corrected chi connectivity index (χ3v) is 4.56. The highest BCUT2D eigenvalue weighted by molar-refractivity contribution is 7.91. The van der Waals surface area contributed by atoms with Gasteiger partial charge in [-0.2, -0.15) is 0 Å². The largest absolute Gasteiger partial charge is 0.340 e. The van der Waals surface area contributed by atoms with Crippen LogP contribution < -0.4 is 5.73 Å². The molecule has 1 heterocycles. The summed E-state index contributed by atoms with van der Waals surface area (Å²) in [5, 5.41) is 0. The molecule has 94 valence electrons. The lowest BCUT2D eigenvalue weighted by atomic mass is 10.1. The van der Waals surface area contributed by atoms with E-state index in [0.717, 1.165) is 0 Å². The van der Waals surface area contributed by atoms with E-state index in [0.29, 0.717) is 25.8 Å². The first kappa shape index (κ1) is 13.4. The Morgan fingerprint density at radius 2 is 2.12 bits per heavy atom. The molecule has 1 fully saturated rings. The van der Waals surface area contributed by atoms with E-state index in [2.05, 4.69) is 0 Å². The van der Waals surface area contributed by atoms with Crippen LogP contribution in [0.2, 0.25) is 0 Å². The van der Waals surface area contributed by atoms with Gasteiger partial charge in [-0.05, 0) is 12.8 Å². The molecule has 0 bridgehead atoms. The molecule has 1 aliphatic heterocycles. The van der Waals surface area contributed by atoms with Gasteiger partial charge in [0.2, 0.25) is 5.91 Å². The van der Waals surface area contributed by atoms with Gasteiger partial charge in [-0.1, -0.05) is 6.92 Å². The molecule has 0 aromatic rings. The summed E-state index contributed by atoms with van der Waals surface area (Å²) in [7, 11) is -3.01. The fourth-order valence-corrected chi connectivity index (χ4v) is 3.15. The predicted octanol–water partition coefficient (Wildman–Crippen LogP) is -0.239. The van der Waals surface area contributed by atoms with Gasteiger partial charge >= 0.3 is 0 Å². The van der Waals surface area contributed by atoms with Gasteiger partial charge in [-0.3, -0.25) is 4.79 Å². The molecule has 0 aliphatic carbocycles. The van der Waals surface area contributed by atoms with Crippen LogP contribution in [0.4, 0.5) is 0 Å². The Morgan fingerprint density at radius 1 is 1.44 bits per heavy atom. The van der Waals surface area contributed by atoms with Crippen molar-refractivity contribution >= 4 is 15.7 Å². The molecule has 1 aliphatic rings. The van der Waals surface area contributed by atoms with Crippen molar-refractivity contribution in [1.29, 1.82) is 0 Å². The summed E-state index contributed by atoms with van der Waals surface area (Å²) in [5.74, 6) is 0.272. The van der Waals surface area contributed by atoms with E-state index in [-0.39, 0.29) is 30.0 Å². The molecule has 0 saturated carbocycles. The number of hydrogen-bond donors (Lipinski definition) is 1. The van der Waals surface area contributed by atoms with Gasteiger partial charge < -0.3 is 10.6 Å². The monoisotopic (exact) mass is 248 g/mol. The highest BCUT2D eigenvalue weighted by Crippen LogP contribution is 2.10. The van der Waals surface area contributed by atoms with Crippen molar-refractivity contribution in [3.63, 3.8) is 0 Å². The van der Waals surface area contributed by atoms with Crippen LogP contribution in [0.25, 0.3) is 0 Å². The van der Waals surface area contributed by atoms with E-state index in [4.69, 9.17) is 5.73 Å². The molecule has 1 amide bonds. The van der Waals surface area contributed by atoms with Crippen molar-refractivity contribution in [3.8, 4) is 0 Å². The van der Waals surface area contributed by atoms with Crippen molar-refractivity contribution < 1.29 is 13.2 Å². The van der Waals surface area contributed by atoms with Gasteiger partial charge in [0.15, 0.2) is 9.84 Å². The zero-order chi connectivity index (χ0) is 12.2. The molecule has 5 nitrogen and oxygen atoms in total. The van der Waals surface area contributed by atoms with Gasteiger partial charge in [0, 0.05) is 31.3 Å². The van der Waals surface area contributed by atoms with E-state index in [9.17, 15) is 13.2 Å². The third-order valence-electron chi connectivity index (χ3n) is 2.72. The van der Waals surface area contributed by atoms with E-state index < -0.39 is 9.84 Å². The SMILES string of the molecule is CCCS(=O)(=O)CCN1CC(N)CCC1=O. The normalized spacial score (nSPS) is 22.5. The number of hydrogen-bond acceptors (Lipinski definition) is 4. The number of nitrogens with two attached hydrogens (primary N) is 1. The Balaban J connectivity index is 2.45. The van der Waals surface area contributed by atoms with Gasteiger partial charge in [0.25, 0.3) is 0 Å². The number of rotatable bonds is 5. The third kappa shape index (κ3) is 4.09. The second-order valence-corrected chi connectivity index (χ2v) is 6.59. The average Bonchev–Trinajstić information content (AvgIpc) is 2.19. The van der Waals surface area contributed by atoms with E-state index in [1.165, 1.54) is 0 Å². The Bertz CT molecular complexity index is 340. The Kier molecular flexibility index (Phi) is 4.73. The van der Waals surface area contributed by atoms with Crippen LogP contribution in [-0.4, -0.2) is 49.9 Å². The first-order valence-corrected chi connectivity index (χ1v) is 7.50. The van der Waals surface area contributed by atoms with Crippen LogP contribution >= 0.6 is 0 Å². The van der Waals surface area contributed by atoms with Gasteiger partial charge in [0.05, 0.1) is 5.75 Å². The standard InChI is InChI=1S/C10H20N2O3S/c1-2-6-16(14,15)7-5-12-8-9(11)3-4-10(12)13/h9H,2-8,11H2,1H3. The maximum Gasteiger partial charge on any atom is 0.222 e. The van der Waals surface area contributed by atoms with Crippen LogP contribution in [0.3, 0.4) is 0 Å². The molecule has 1 rings (SSSR count). The maximum absolute atomic E-state index is 11.5. The topological polar surface area (TPSA) is 80.5 Å². The highest BCUT2D eigenvalue weighted by Gasteiger charge is 2.24. The molecule has 6 heteroatoms. The molecule has 16 heavy (non-hydrogen) atoms. The Labute approximate surface area is 96.9 Å². The van der Waals surface area contributed by atoms with Crippen LogP contribution in [0.15, 0.2) is 0 Å². The number of piperidine rings is 1. The minimum atomic E-state index is -3.01. The first-order chi connectivity index (χ1) is 7.44. The Morgan fingerprint density at radius 3 is 2.75 bits per heavy atom. The lowest BCUT2D eigenvalue weighted by molar-refractivity contribution is -0.133. The fourth-order valence-electron chi connectivity index (χ4n) is 1.82. The van der Waals surface area contributed by atoms with Crippen molar-refractivity contribution in [3.05, 3.63) is 0 Å². The lowest BCUT2D eigenvalue weighted by Crippen LogP contribution is -2.47. The second-order valence-electron chi connectivity index (χ2n) is 4.29. The number of sulfone groups is 1. The number of nitrogens with zero attached hydrogens (tertiary/aromatic N) is 1. The molecule has 2 N–H and O–H groups in total. The number of carbonyl (C=O) groups is 1. The number of carbonyl (C=O) groups excluding carboxylic acids is 1. The summed E-state index contributed by atoms with van der Waals surface area (Å²) >= 11 is 0. The molecule has 1 atom stereocenters. The molecule has 1 unspecified atom stereocenters. The van der Waals surface area contributed by atoms with Gasteiger partial charge in [0.1, 0.15) is 0 Å². The minimum absolute atomic E-state index is 0.00780. The van der Waals surface area contributed by atoms with E-state index in [1.807, 2.05) is 6.92 Å². The quantitative estimate of drug-likeness (QED) is 0.728. The van der Waals surface area contributed by atoms with Crippen molar-refractivity contribution in [2.45, 2.75) is 32.2 Å². The molecular formula is C10H20N2O3S.